The van der Waals surface area contributed by atoms with Gasteiger partial charge in [0.25, 0.3) is 0 Å². The first-order valence-corrected chi connectivity index (χ1v) is 9.66. The molecule has 0 amide bonds. The molecule has 146 valence electrons. The average Bonchev–Trinajstić information content (AvgIpc) is 3.34. The first kappa shape index (κ1) is 17.6. The highest BCUT2D eigenvalue weighted by Crippen LogP contribution is 2.46. The Hall–Kier alpha value is -3.48. The van der Waals surface area contributed by atoms with Gasteiger partial charge in [-0.1, -0.05) is 6.07 Å². The van der Waals surface area contributed by atoms with Gasteiger partial charge in [0.05, 0.1) is 25.1 Å². The van der Waals surface area contributed by atoms with Crippen molar-refractivity contribution < 1.29 is 9.47 Å². The molecule has 29 heavy (non-hydrogen) atoms. The zero-order valence-corrected chi connectivity index (χ0v) is 16.3. The van der Waals surface area contributed by atoms with E-state index in [1.54, 1.807) is 23.0 Å². The van der Waals surface area contributed by atoms with Gasteiger partial charge >= 0.3 is 0 Å². The number of aromatic nitrogens is 5. The van der Waals surface area contributed by atoms with Gasteiger partial charge in [-0.2, -0.15) is 14.6 Å². The molecule has 4 aromatic rings. The molecule has 0 N–H and O–H groups in total. The highest BCUT2D eigenvalue weighted by Gasteiger charge is 2.40. The van der Waals surface area contributed by atoms with Gasteiger partial charge in [0.15, 0.2) is 5.65 Å². The van der Waals surface area contributed by atoms with Crippen LogP contribution in [-0.2, 0) is 0 Å². The molecule has 1 aliphatic carbocycles. The fourth-order valence-corrected chi connectivity index (χ4v) is 3.33. The van der Waals surface area contributed by atoms with E-state index < -0.39 is 0 Å². The highest BCUT2D eigenvalue weighted by atomic mass is 16.5. The molecule has 4 heterocycles. The Bertz CT molecular complexity index is 1140. The molecule has 0 spiro atoms. The molecule has 4 aromatic heterocycles. The smallest absolute Gasteiger partial charge is 0.227 e. The SMILES string of the molecule is Cc1ccc([C@@H]2C[C@H]2COc2cc(Oc3ccc(C)nc3)n3nccc3n2)nc1. The van der Waals surface area contributed by atoms with Crippen LogP contribution in [0, 0.1) is 19.8 Å². The number of fused-ring (bicyclic) bond motifs is 1. The second-order valence-electron chi connectivity index (χ2n) is 7.44. The van der Waals surface area contributed by atoms with Crippen molar-refractivity contribution in [1.29, 1.82) is 0 Å². The Kier molecular flexibility index (Phi) is 4.35. The normalized spacial score (nSPS) is 18.0. The van der Waals surface area contributed by atoms with Crippen LogP contribution < -0.4 is 9.47 Å². The quantitative estimate of drug-likeness (QED) is 0.496. The molecule has 0 saturated heterocycles. The molecule has 7 nitrogen and oxygen atoms in total. The third-order valence-electron chi connectivity index (χ3n) is 5.09. The van der Waals surface area contributed by atoms with Crippen molar-refractivity contribution >= 4 is 5.65 Å². The number of pyridine rings is 2. The summed E-state index contributed by atoms with van der Waals surface area (Å²) in [6.45, 7) is 4.59. The number of aryl methyl sites for hydroxylation is 2. The number of hydrogen-bond donors (Lipinski definition) is 0. The monoisotopic (exact) mass is 387 g/mol. The standard InChI is InChI=1S/C22H21N5O2/c1-14-3-6-19(24-11-14)18-9-16(18)13-28-21-10-22(27-20(26-21)7-8-25-27)29-17-5-4-15(2)23-12-17/h3-8,10-12,16,18H,9,13H2,1-2H3/t16-,18+/m0/s1. The minimum absolute atomic E-state index is 0.457. The number of ether oxygens (including phenoxy) is 2. The average molecular weight is 387 g/mol. The molecule has 1 aliphatic rings. The molecular formula is C22H21N5O2. The predicted octanol–water partition coefficient (Wildman–Crippen LogP) is 4.11. The summed E-state index contributed by atoms with van der Waals surface area (Å²) in [5.74, 6) is 2.61. The summed E-state index contributed by atoms with van der Waals surface area (Å²) in [7, 11) is 0. The van der Waals surface area contributed by atoms with Crippen LogP contribution in [0.3, 0.4) is 0 Å². The fourth-order valence-electron chi connectivity index (χ4n) is 3.33. The molecule has 7 heteroatoms. The van der Waals surface area contributed by atoms with E-state index in [1.807, 2.05) is 31.3 Å². The van der Waals surface area contributed by atoms with Crippen LogP contribution in [0.25, 0.3) is 5.65 Å². The second kappa shape index (κ2) is 7.16. The van der Waals surface area contributed by atoms with Crippen molar-refractivity contribution in [3.63, 3.8) is 0 Å². The second-order valence-corrected chi connectivity index (χ2v) is 7.44. The molecule has 1 saturated carbocycles. The topological polar surface area (TPSA) is 74.4 Å². The Morgan fingerprint density at radius 1 is 1.07 bits per heavy atom. The lowest BCUT2D eigenvalue weighted by molar-refractivity contribution is 0.283. The van der Waals surface area contributed by atoms with Crippen LogP contribution in [0.4, 0.5) is 0 Å². The fraction of sp³-hybridized carbons (Fsp3) is 0.273. The first-order valence-electron chi connectivity index (χ1n) is 9.66. The Morgan fingerprint density at radius 3 is 2.79 bits per heavy atom. The van der Waals surface area contributed by atoms with Gasteiger partial charge < -0.3 is 9.47 Å². The van der Waals surface area contributed by atoms with E-state index in [0.29, 0.717) is 41.6 Å². The lowest BCUT2D eigenvalue weighted by Crippen LogP contribution is -2.05. The minimum atomic E-state index is 0.457. The molecule has 0 aliphatic heterocycles. The van der Waals surface area contributed by atoms with E-state index in [9.17, 15) is 0 Å². The summed E-state index contributed by atoms with van der Waals surface area (Å²) in [6, 6.07) is 11.6. The molecular weight excluding hydrogens is 366 g/mol. The van der Waals surface area contributed by atoms with E-state index in [0.717, 1.165) is 17.8 Å². The largest absolute Gasteiger partial charge is 0.477 e. The maximum atomic E-state index is 6.00. The molecule has 1 fully saturated rings. The van der Waals surface area contributed by atoms with Crippen LogP contribution in [0.15, 0.2) is 55.0 Å². The number of rotatable bonds is 6. The summed E-state index contributed by atoms with van der Waals surface area (Å²) >= 11 is 0. The van der Waals surface area contributed by atoms with Crippen molar-refractivity contribution in [2.24, 2.45) is 5.92 Å². The Labute approximate surface area is 168 Å². The minimum Gasteiger partial charge on any atom is -0.477 e. The Morgan fingerprint density at radius 2 is 2.00 bits per heavy atom. The number of nitrogens with zero attached hydrogens (tertiary/aromatic N) is 5. The predicted molar refractivity (Wildman–Crippen MR) is 107 cm³/mol. The molecule has 0 unspecified atom stereocenters. The van der Waals surface area contributed by atoms with E-state index in [1.165, 1.54) is 5.56 Å². The van der Waals surface area contributed by atoms with Crippen molar-refractivity contribution in [2.45, 2.75) is 26.2 Å². The third kappa shape index (κ3) is 3.76. The molecule has 5 rings (SSSR count). The molecule has 2 atom stereocenters. The van der Waals surface area contributed by atoms with E-state index >= 15 is 0 Å². The summed E-state index contributed by atoms with van der Waals surface area (Å²) in [5.41, 5.74) is 3.92. The maximum Gasteiger partial charge on any atom is 0.227 e. The van der Waals surface area contributed by atoms with E-state index in [2.05, 4.69) is 39.1 Å². The summed E-state index contributed by atoms with van der Waals surface area (Å²) in [4.78, 5) is 13.3. The number of hydrogen-bond acceptors (Lipinski definition) is 6. The first-order chi connectivity index (χ1) is 14.2. The van der Waals surface area contributed by atoms with Crippen molar-refractivity contribution in [3.05, 3.63) is 71.9 Å². The van der Waals surface area contributed by atoms with Crippen molar-refractivity contribution in [1.82, 2.24) is 24.6 Å². The van der Waals surface area contributed by atoms with Crippen LogP contribution in [0.5, 0.6) is 17.5 Å². The van der Waals surface area contributed by atoms with Gasteiger partial charge in [-0.25, -0.2) is 0 Å². The van der Waals surface area contributed by atoms with Gasteiger partial charge in [0.2, 0.25) is 11.8 Å². The summed E-state index contributed by atoms with van der Waals surface area (Å²) in [6.07, 6.45) is 6.38. The lowest BCUT2D eigenvalue weighted by Gasteiger charge is -2.10. The third-order valence-corrected chi connectivity index (χ3v) is 5.09. The molecule has 0 aromatic carbocycles. The van der Waals surface area contributed by atoms with E-state index in [4.69, 9.17) is 9.47 Å². The summed E-state index contributed by atoms with van der Waals surface area (Å²) < 4.78 is 13.6. The van der Waals surface area contributed by atoms with Crippen LogP contribution in [0.2, 0.25) is 0 Å². The van der Waals surface area contributed by atoms with Gasteiger partial charge in [-0.15, -0.1) is 0 Å². The van der Waals surface area contributed by atoms with Crippen LogP contribution in [0.1, 0.15) is 29.3 Å². The van der Waals surface area contributed by atoms with Crippen molar-refractivity contribution in [2.75, 3.05) is 6.61 Å². The van der Waals surface area contributed by atoms with Gasteiger partial charge in [-0.3, -0.25) is 9.97 Å². The van der Waals surface area contributed by atoms with Gasteiger partial charge in [-0.05, 0) is 44.0 Å². The Balaban J connectivity index is 1.30. The van der Waals surface area contributed by atoms with Crippen molar-refractivity contribution in [3.8, 4) is 17.5 Å². The van der Waals surface area contributed by atoms with Gasteiger partial charge in [0, 0.05) is 35.5 Å². The van der Waals surface area contributed by atoms with E-state index in [-0.39, 0.29) is 0 Å². The zero-order chi connectivity index (χ0) is 19.8. The zero-order valence-electron chi connectivity index (χ0n) is 16.3. The molecule has 0 radical (unpaired) electrons. The maximum absolute atomic E-state index is 6.00. The lowest BCUT2D eigenvalue weighted by atomic mass is 10.2. The van der Waals surface area contributed by atoms with Gasteiger partial charge in [0.1, 0.15) is 5.75 Å². The van der Waals surface area contributed by atoms with Crippen LogP contribution >= 0.6 is 0 Å². The molecule has 0 bridgehead atoms. The van der Waals surface area contributed by atoms with Crippen LogP contribution in [-0.4, -0.2) is 31.2 Å². The highest BCUT2D eigenvalue weighted by molar-refractivity contribution is 5.44. The summed E-state index contributed by atoms with van der Waals surface area (Å²) in [5, 5.41) is 4.28.